The fraction of sp³-hybridized carbons (Fsp3) is 0.444. The van der Waals surface area contributed by atoms with Crippen molar-refractivity contribution in [3.05, 3.63) is 45.3 Å². The highest BCUT2D eigenvalue weighted by Crippen LogP contribution is 2.32. The van der Waals surface area contributed by atoms with E-state index in [1.165, 1.54) is 22.9 Å². The highest BCUT2D eigenvalue weighted by molar-refractivity contribution is 7.14. The van der Waals surface area contributed by atoms with Crippen LogP contribution in [0.1, 0.15) is 32.1 Å². The molecule has 8 heteroatoms. The molecule has 2 aromatic rings. The number of hydrogen-bond acceptors (Lipinski definition) is 4. The van der Waals surface area contributed by atoms with Gasteiger partial charge in [-0.1, -0.05) is 0 Å². The molecule has 1 saturated heterocycles. The number of nitrogens with zero attached hydrogens (tertiary/aromatic N) is 3. The zero-order chi connectivity index (χ0) is 18.3. The number of piperazine rings is 1. The summed E-state index contributed by atoms with van der Waals surface area (Å²) in [6, 6.07) is 4.47. The van der Waals surface area contributed by atoms with Crippen molar-refractivity contribution in [1.29, 1.82) is 0 Å². The second-order valence-electron chi connectivity index (χ2n) is 6.59. The van der Waals surface area contributed by atoms with Crippen molar-refractivity contribution in [2.75, 3.05) is 31.1 Å². The van der Waals surface area contributed by atoms with Gasteiger partial charge in [0.1, 0.15) is 5.82 Å². The number of aryl methyl sites for hydroxylation is 2. The third kappa shape index (κ3) is 3.30. The molecule has 1 amide bonds. The van der Waals surface area contributed by atoms with E-state index in [-0.39, 0.29) is 5.91 Å². The zero-order valence-electron chi connectivity index (χ0n) is 14.1. The van der Waals surface area contributed by atoms with Crippen LogP contribution in [0, 0.1) is 0 Å². The summed E-state index contributed by atoms with van der Waals surface area (Å²) < 4.78 is 37.9. The first kappa shape index (κ1) is 17.3. The fourth-order valence-corrected chi connectivity index (χ4v) is 4.69. The average Bonchev–Trinajstić information content (AvgIpc) is 3.23. The van der Waals surface area contributed by atoms with Gasteiger partial charge in [0.25, 0.3) is 5.91 Å². The van der Waals surface area contributed by atoms with E-state index in [1.54, 1.807) is 11.3 Å². The lowest BCUT2D eigenvalue weighted by Gasteiger charge is -2.35. The van der Waals surface area contributed by atoms with Crippen LogP contribution in [0.15, 0.2) is 24.4 Å². The summed E-state index contributed by atoms with van der Waals surface area (Å²) in [6.45, 7) is 2.22. The van der Waals surface area contributed by atoms with Gasteiger partial charge in [-0.2, -0.15) is 13.2 Å². The maximum Gasteiger partial charge on any atom is 0.417 e. The number of alkyl halides is 3. The maximum atomic E-state index is 12.7. The number of carbonyl (C=O) groups is 1. The highest BCUT2D eigenvalue weighted by atomic mass is 32.1. The minimum absolute atomic E-state index is 0.0597. The number of halogens is 3. The second-order valence-corrected chi connectivity index (χ2v) is 7.73. The quantitative estimate of drug-likeness (QED) is 0.797. The zero-order valence-corrected chi connectivity index (χ0v) is 14.9. The molecule has 0 unspecified atom stereocenters. The first-order valence-electron chi connectivity index (χ1n) is 8.61. The van der Waals surface area contributed by atoms with E-state index in [4.69, 9.17) is 0 Å². The van der Waals surface area contributed by atoms with Crippen LogP contribution in [0.2, 0.25) is 0 Å². The summed E-state index contributed by atoms with van der Waals surface area (Å²) in [5.41, 5.74) is 0.562. The normalized spacial score (nSPS) is 17.5. The Bertz CT molecular complexity index is 787. The van der Waals surface area contributed by atoms with E-state index in [0.29, 0.717) is 32.0 Å². The molecular weight excluding hydrogens is 363 g/mol. The van der Waals surface area contributed by atoms with Gasteiger partial charge in [0.05, 0.1) is 10.4 Å². The van der Waals surface area contributed by atoms with Crippen LogP contribution in [0.25, 0.3) is 0 Å². The van der Waals surface area contributed by atoms with Crippen molar-refractivity contribution in [2.45, 2.75) is 25.4 Å². The van der Waals surface area contributed by atoms with Gasteiger partial charge in [-0.25, -0.2) is 4.98 Å². The van der Waals surface area contributed by atoms with E-state index < -0.39 is 11.7 Å². The Hall–Kier alpha value is -2.09. The molecule has 2 aliphatic rings. The number of aromatic nitrogens is 1. The molecule has 3 heterocycles. The molecule has 0 aromatic carbocycles. The van der Waals surface area contributed by atoms with Gasteiger partial charge in [-0.3, -0.25) is 4.79 Å². The lowest BCUT2D eigenvalue weighted by atomic mass is 10.2. The number of rotatable bonds is 2. The molecule has 0 spiro atoms. The SMILES string of the molecule is O=C(c1cc2c(s1)CCC2)N1CCN(c2ccc(C(F)(F)F)cn2)CC1. The first-order chi connectivity index (χ1) is 12.4. The van der Waals surface area contributed by atoms with Crippen LogP contribution < -0.4 is 4.90 Å². The smallest absolute Gasteiger partial charge is 0.353 e. The number of fused-ring (bicyclic) bond motifs is 1. The molecule has 2 aromatic heterocycles. The Kier molecular flexibility index (Phi) is 4.38. The van der Waals surface area contributed by atoms with Gasteiger partial charge in [-0.15, -0.1) is 11.3 Å². The summed E-state index contributed by atoms with van der Waals surface area (Å²) >= 11 is 1.60. The lowest BCUT2D eigenvalue weighted by Crippen LogP contribution is -2.48. The predicted molar refractivity (Wildman–Crippen MR) is 93.7 cm³/mol. The summed E-state index contributed by atoms with van der Waals surface area (Å²) in [7, 11) is 0. The largest absolute Gasteiger partial charge is 0.417 e. The van der Waals surface area contributed by atoms with E-state index in [2.05, 4.69) is 4.98 Å². The molecular formula is C18H18F3N3OS. The van der Waals surface area contributed by atoms with Crippen molar-refractivity contribution in [3.63, 3.8) is 0 Å². The average molecular weight is 381 g/mol. The van der Waals surface area contributed by atoms with Gasteiger partial charge >= 0.3 is 6.18 Å². The summed E-state index contributed by atoms with van der Waals surface area (Å²) in [4.78, 5) is 22.5. The molecule has 26 heavy (non-hydrogen) atoms. The second kappa shape index (κ2) is 6.57. The monoisotopic (exact) mass is 381 g/mol. The molecule has 1 aliphatic heterocycles. The summed E-state index contributed by atoms with van der Waals surface area (Å²) in [5, 5.41) is 0. The first-order valence-corrected chi connectivity index (χ1v) is 9.42. The topological polar surface area (TPSA) is 36.4 Å². The van der Waals surface area contributed by atoms with Crippen molar-refractivity contribution in [1.82, 2.24) is 9.88 Å². The number of hydrogen-bond donors (Lipinski definition) is 0. The van der Waals surface area contributed by atoms with Gasteiger partial charge in [-0.05, 0) is 43.0 Å². The number of pyridine rings is 1. The van der Waals surface area contributed by atoms with Crippen LogP contribution in [-0.4, -0.2) is 42.0 Å². The van der Waals surface area contributed by atoms with Gasteiger partial charge < -0.3 is 9.80 Å². The Morgan fingerprint density at radius 2 is 1.88 bits per heavy atom. The minimum Gasteiger partial charge on any atom is -0.353 e. The lowest BCUT2D eigenvalue weighted by molar-refractivity contribution is -0.137. The molecule has 0 bridgehead atoms. The fourth-order valence-electron chi connectivity index (χ4n) is 3.47. The van der Waals surface area contributed by atoms with E-state index in [1.807, 2.05) is 15.9 Å². The van der Waals surface area contributed by atoms with Gasteiger partial charge in [0, 0.05) is 37.3 Å². The van der Waals surface area contributed by atoms with E-state index in [0.717, 1.165) is 30.0 Å². The van der Waals surface area contributed by atoms with Crippen LogP contribution in [-0.2, 0) is 19.0 Å². The molecule has 1 fully saturated rings. The number of carbonyl (C=O) groups excluding carboxylic acids is 1. The Morgan fingerprint density at radius 3 is 2.50 bits per heavy atom. The van der Waals surface area contributed by atoms with E-state index >= 15 is 0 Å². The van der Waals surface area contributed by atoms with Crippen LogP contribution in [0.3, 0.4) is 0 Å². The predicted octanol–water partition coefficient (Wildman–Crippen LogP) is 3.61. The Balaban J connectivity index is 1.38. The molecule has 1 aliphatic carbocycles. The third-order valence-electron chi connectivity index (χ3n) is 4.92. The standard InChI is InChI=1S/C18H18F3N3OS/c19-18(20,21)13-4-5-16(22-11-13)23-6-8-24(9-7-23)17(25)15-10-12-2-1-3-14(12)26-15/h4-5,10-11H,1-3,6-9H2. The number of anilines is 1. The number of amides is 1. The van der Waals surface area contributed by atoms with Crippen LogP contribution >= 0.6 is 11.3 Å². The highest BCUT2D eigenvalue weighted by Gasteiger charge is 2.31. The maximum absolute atomic E-state index is 12.7. The Morgan fingerprint density at radius 1 is 1.12 bits per heavy atom. The third-order valence-corrected chi connectivity index (χ3v) is 6.15. The minimum atomic E-state index is -4.38. The van der Waals surface area contributed by atoms with Crippen LogP contribution in [0.4, 0.5) is 19.0 Å². The molecule has 138 valence electrons. The Labute approximate surface area is 153 Å². The van der Waals surface area contributed by atoms with Crippen molar-refractivity contribution in [3.8, 4) is 0 Å². The van der Waals surface area contributed by atoms with Crippen molar-refractivity contribution in [2.24, 2.45) is 0 Å². The van der Waals surface area contributed by atoms with Crippen molar-refractivity contribution >= 4 is 23.1 Å². The van der Waals surface area contributed by atoms with Gasteiger partial charge in [0.15, 0.2) is 0 Å². The van der Waals surface area contributed by atoms with Gasteiger partial charge in [0.2, 0.25) is 0 Å². The molecule has 0 saturated carbocycles. The molecule has 0 atom stereocenters. The number of thiophene rings is 1. The molecule has 0 N–H and O–H groups in total. The molecule has 4 nitrogen and oxygen atoms in total. The summed E-state index contributed by atoms with van der Waals surface area (Å²) in [5.74, 6) is 0.574. The molecule has 0 radical (unpaired) electrons. The summed E-state index contributed by atoms with van der Waals surface area (Å²) in [6.07, 6.45) is -0.209. The van der Waals surface area contributed by atoms with E-state index in [9.17, 15) is 18.0 Å². The molecule has 4 rings (SSSR count). The van der Waals surface area contributed by atoms with Crippen LogP contribution in [0.5, 0.6) is 0 Å². The van der Waals surface area contributed by atoms with Crippen molar-refractivity contribution < 1.29 is 18.0 Å².